The van der Waals surface area contributed by atoms with Gasteiger partial charge in [0.2, 0.25) is 0 Å². The Morgan fingerprint density at radius 2 is 1.61 bits per heavy atom. The standard InChI is InChI=1S/C11H28O4Si3/c1-6-16-13-17(7-2)15-18(8-3,14-16)10-12-9-11(4)5/h11,16-17H,6-10H2,1-5H3. The maximum absolute atomic E-state index is 6.23. The minimum atomic E-state index is -2.12. The molecule has 0 aliphatic carbocycles. The van der Waals surface area contributed by atoms with Crippen molar-refractivity contribution in [3.8, 4) is 0 Å². The van der Waals surface area contributed by atoms with Crippen molar-refractivity contribution in [2.45, 2.75) is 52.8 Å². The van der Waals surface area contributed by atoms with Gasteiger partial charge in [0, 0.05) is 6.61 Å². The molecule has 0 amide bonds. The number of ether oxygens (including phenoxy) is 1. The molecule has 2 atom stereocenters. The first-order valence-corrected chi connectivity index (χ1v) is 12.9. The van der Waals surface area contributed by atoms with Gasteiger partial charge >= 0.3 is 27.1 Å². The summed E-state index contributed by atoms with van der Waals surface area (Å²) in [7, 11) is -5.06. The number of rotatable bonds is 7. The summed E-state index contributed by atoms with van der Waals surface area (Å²) in [4.78, 5) is 0. The van der Waals surface area contributed by atoms with Crippen LogP contribution in [0.2, 0.25) is 18.1 Å². The summed E-state index contributed by atoms with van der Waals surface area (Å²) < 4.78 is 24.3. The molecule has 1 aliphatic heterocycles. The van der Waals surface area contributed by atoms with E-state index in [9.17, 15) is 0 Å². The Bertz CT molecular complexity index is 228. The van der Waals surface area contributed by atoms with E-state index in [-0.39, 0.29) is 0 Å². The highest BCUT2D eigenvalue weighted by atomic mass is 28.5. The van der Waals surface area contributed by atoms with E-state index in [2.05, 4.69) is 34.6 Å². The SMILES string of the molecule is CC[SiH]1O[SiH](CC)O[Si](CC)(COCC(C)C)O1. The summed E-state index contributed by atoms with van der Waals surface area (Å²) in [6, 6.07) is 3.04. The Hall–Kier alpha value is 0.491. The lowest BCUT2D eigenvalue weighted by Crippen LogP contribution is -2.60. The van der Waals surface area contributed by atoms with Crippen molar-refractivity contribution in [3.05, 3.63) is 0 Å². The average molecular weight is 309 g/mol. The van der Waals surface area contributed by atoms with Gasteiger partial charge in [-0.25, -0.2) is 0 Å². The fourth-order valence-electron chi connectivity index (χ4n) is 1.88. The lowest BCUT2D eigenvalue weighted by molar-refractivity contribution is 0.115. The van der Waals surface area contributed by atoms with E-state index in [0.717, 1.165) is 24.7 Å². The molecule has 0 radical (unpaired) electrons. The molecule has 0 aromatic rings. The van der Waals surface area contributed by atoms with Gasteiger partial charge in [-0.3, -0.25) is 0 Å². The third kappa shape index (κ3) is 4.87. The van der Waals surface area contributed by atoms with Gasteiger partial charge in [0.25, 0.3) is 0 Å². The van der Waals surface area contributed by atoms with Gasteiger partial charge in [-0.2, -0.15) is 0 Å². The zero-order valence-corrected chi connectivity index (χ0v) is 15.7. The highest BCUT2D eigenvalue weighted by molar-refractivity contribution is 6.83. The molecular weight excluding hydrogens is 280 g/mol. The summed E-state index contributed by atoms with van der Waals surface area (Å²) in [6.45, 7) is 11.6. The lowest BCUT2D eigenvalue weighted by Gasteiger charge is -2.41. The molecule has 1 fully saturated rings. The van der Waals surface area contributed by atoms with Crippen LogP contribution in [0, 0.1) is 5.92 Å². The van der Waals surface area contributed by atoms with Crippen molar-refractivity contribution in [1.29, 1.82) is 0 Å². The third-order valence-electron chi connectivity index (χ3n) is 2.97. The van der Waals surface area contributed by atoms with Gasteiger partial charge in [0.05, 0.1) is 6.23 Å². The predicted molar refractivity (Wildman–Crippen MR) is 80.4 cm³/mol. The van der Waals surface area contributed by atoms with Crippen molar-refractivity contribution in [2.24, 2.45) is 5.92 Å². The Balaban J connectivity index is 2.59. The molecule has 1 heterocycles. The molecule has 0 spiro atoms. The summed E-state index contributed by atoms with van der Waals surface area (Å²) >= 11 is 0. The number of hydrogen-bond donors (Lipinski definition) is 0. The lowest BCUT2D eigenvalue weighted by atomic mass is 10.2. The average Bonchev–Trinajstić information content (AvgIpc) is 2.37. The van der Waals surface area contributed by atoms with Crippen molar-refractivity contribution in [1.82, 2.24) is 0 Å². The monoisotopic (exact) mass is 308 g/mol. The molecule has 0 aromatic carbocycles. The van der Waals surface area contributed by atoms with E-state index in [1.54, 1.807) is 0 Å². The van der Waals surface area contributed by atoms with Gasteiger partial charge in [-0.05, 0) is 24.1 Å². The maximum atomic E-state index is 6.23. The van der Waals surface area contributed by atoms with Crippen LogP contribution in [-0.4, -0.2) is 40.0 Å². The van der Waals surface area contributed by atoms with E-state index in [1.165, 1.54) is 0 Å². The van der Waals surface area contributed by atoms with Crippen molar-refractivity contribution >= 4 is 27.1 Å². The molecule has 18 heavy (non-hydrogen) atoms. The van der Waals surface area contributed by atoms with E-state index in [1.807, 2.05) is 0 Å². The van der Waals surface area contributed by atoms with E-state index >= 15 is 0 Å². The first-order chi connectivity index (χ1) is 8.55. The topological polar surface area (TPSA) is 36.9 Å². The van der Waals surface area contributed by atoms with E-state index in [4.69, 9.17) is 17.1 Å². The summed E-state index contributed by atoms with van der Waals surface area (Å²) in [5.41, 5.74) is 0. The molecule has 1 saturated heterocycles. The summed E-state index contributed by atoms with van der Waals surface area (Å²) in [5.74, 6) is 0.561. The molecule has 1 aliphatic rings. The Morgan fingerprint density at radius 1 is 1.06 bits per heavy atom. The Labute approximate surface area is 116 Å². The zero-order chi connectivity index (χ0) is 13.6. The van der Waals surface area contributed by atoms with Crippen LogP contribution in [0.1, 0.15) is 34.6 Å². The molecule has 4 nitrogen and oxygen atoms in total. The highest BCUT2D eigenvalue weighted by Gasteiger charge is 2.46. The Morgan fingerprint density at radius 3 is 2.00 bits per heavy atom. The molecule has 108 valence electrons. The minimum absolute atomic E-state index is 0.561. The molecule has 0 aromatic heterocycles. The molecular formula is C11H28O4Si3. The second-order valence-electron chi connectivity index (χ2n) is 5.22. The normalized spacial score (nSPS) is 33.0. The first kappa shape index (κ1) is 16.5. The second-order valence-corrected chi connectivity index (χ2v) is 14.4. The van der Waals surface area contributed by atoms with Crippen LogP contribution in [0.5, 0.6) is 0 Å². The van der Waals surface area contributed by atoms with Gasteiger partial charge < -0.3 is 17.1 Å². The largest absolute Gasteiger partial charge is 0.420 e. The van der Waals surface area contributed by atoms with Crippen LogP contribution in [0.15, 0.2) is 0 Å². The Kier molecular flexibility index (Phi) is 7.29. The summed E-state index contributed by atoms with van der Waals surface area (Å²) in [5, 5.41) is 0. The van der Waals surface area contributed by atoms with Crippen LogP contribution in [-0.2, 0) is 17.1 Å². The van der Waals surface area contributed by atoms with Gasteiger partial charge in [0.15, 0.2) is 0 Å². The maximum Gasteiger partial charge on any atom is 0.346 e. The van der Waals surface area contributed by atoms with Gasteiger partial charge in [-0.1, -0.05) is 34.6 Å². The molecule has 0 bridgehead atoms. The first-order valence-electron chi connectivity index (χ1n) is 7.14. The third-order valence-corrected chi connectivity index (χ3v) is 14.0. The smallest absolute Gasteiger partial charge is 0.346 e. The van der Waals surface area contributed by atoms with Crippen molar-refractivity contribution < 1.29 is 17.1 Å². The van der Waals surface area contributed by atoms with Crippen molar-refractivity contribution in [3.63, 3.8) is 0 Å². The molecule has 2 unspecified atom stereocenters. The van der Waals surface area contributed by atoms with Crippen LogP contribution in [0.4, 0.5) is 0 Å². The molecule has 1 rings (SSSR count). The van der Waals surface area contributed by atoms with Crippen LogP contribution < -0.4 is 0 Å². The second kappa shape index (κ2) is 7.93. The van der Waals surface area contributed by atoms with Crippen molar-refractivity contribution in [2.75, 3.05) is 12.8 Å². The molecule has 7 heteroatoms. The highest BCUT2D eigenvalue weighted by Crippen LogP contribution is 2.25. The van der Waals surface area contributed by atoms with Gasteiger partial charge in [0.1, 0.15) is 0 Å². The minimum Gasteiger partial charge on any atom is -0.420 e. The van der Waals surface area contributed by atoms with E-state index in [0.29, 0.717) is 12.1 Å². The van der Waals surface area contributed by atoms with Gasteiger partial charge in [-0.15, -0.1) is 0 Å². The van der Waals surface area contributed by atoms with Crippen LogP contribution in [0.3, 0.4) is 0 Å². The quantitative estimate of drug-likeness (QED) is 0.676. The number of hydrogen-bond acceptors (Lipinski definition) is 4. The fraction of sp³-hybridized carbons (Fsp3) is 1.00. The predicted octanol–water partition coefficient (Wildman–Crippen LogP) is 2.20. The zero-order valence-electron chi connectivity index (χ0n) is 12.4. The molecule has 0 N–H and O–H groups in total. The van der Waals surface area contributed by atoms with Crippen LogP contribution >= 0.6 is 0 Å². The van der Waals surface area contributed by atoms with Crippen LogP contribution in [0.25, 0.3) is 0 Å². The molecule has 0 saturated carbocycles. The fourth-order valence-corrected chi connectivity index (χ4v) is 14.6. The van der Waals surface area contributed by atoms with E-state index < -0.39 is 27.1 Å². The summed E-state index contributed by atoms with van der Waals surface area (Å²) in [6.07, 6.45) is 0.679.